The second-order valence-electron chi connectivity index (χ2n) is 5.58. The van der Waals surface area contributed by atoms with Crippen LogP contribution >= 0.6 is 0 Å². The summed E-state index contributed by atoms with van der Waals surface area (Å²) in [7, 11) is 0. The summed E-state index contributed by atoms with van der Waals surface area (Å²) in [4.78, 5) is 0. The summed E-state index contributed by atoms with van der Waals surface area (Å²) in [6, 6.07) is 7.97. The maximum Gasteiger partial charge on any atom is 0.573 e. The van der Waals surface area contributed by atoms with Crippen LogP contribution in [0.2, 0.25) is 0 Å². The maximum absolute atomic E-state index is 12.3. The van der Waals surface area contributed by atoms with Gasteiger partial charge in [0, 0.05) is 11.9 Å². The number of benzene rings is 1. The van der Waals surface area contributed by atoms with Crippen molar-refractivity contribution in [3.63, 3.8) is 0 Å². The van der Waals surface area contributed by atoms with Crippen molar-refractivity contribution in [2.75, 3.05) is 5.32 Å². The number of nitrogens with zero attached hydrogens (tertiary/aromatic N) is 3. The molecule has 0 aliphatic heterocycles. The number of nitrogens with one attached hydrogen (secondary N) is 1. The molecule has 1 fully saturated rings. The van der Waals surface area contributed by atoms with Crippen LogP contribution in [0.15, 0.2) is 30.5 Å². The molecule has 0 unspecified atom stereocenters. The van der Waals surface area contributed by atoms with Crippen molar-refractivity contribution in [1.29, 1.82) is 5.26 Å². The van der Waals surface area contributed by atoms with Crippen LogP contribution in [0.5, 0.6) is 5.75 Å². The van der Waals surface area contributed by atoms with Gasteiger partial charge in [0.05, 0.1) is 23.8 Å². The minimum atomic E-state index is -4.82. The van der Waals surface area contributed by atoms with Gasteiger partial charge in [0.1, 0.15) is 11.8 Å². The number of anilines is 1. The minimum absolute atomic E-state index is 0.176. The highest BCUT2D eigenvalue weighted by molar-refractivity contribution is 5.55. The van der Waals surface area contributed by atoms with Gasteiger partial charge in [-0.25, -0.2) is 0 Å². The van der Waals surface area contributed by atoms with Crippen molar-refractivity contribution in [3.8, 4) is 11.8 Å². The summed E-state index contributed by atoms with van der Waals surface area (Å²) in [6.45, 7) is 0.473. The third kappa shape index (κ3) is 3.62. The Labute approximate surface area is 136 Å². The van der Waals surface area contributed by atoms with Crippen LogP contribution in [-0.4, -0.2) is 16.1 Å². The molecule has 126 valence electrons. The second-order valence-corrected chi connectivity index (χ2v) is 5.58. The molecule has 1 aromatic carbocycles. The Morgan fingerprint density at radius 2 is 2.12 bits per heavy atom. The highest BCUT2D eigenvalue weighted by Crippen LogP contribution is 2.32. The molecule has 3 rings (SSSR count). The third-order valence-corrected chi connectivity index (χ3v) is 3.97. The molecule has 0 spiro atoms. The van der Waals surface area contributed by atoms with Gasteiger partial charge in [0.2, 0.25) is 0 Å². The molecular formula is C16H15F3N4O. The van der Waals surface area contributed by atoms with Gasteiger partial charge in [-0.05, 0) is 43.5 Å². The van der Waals surface area contributed by atoms with E-state index in [1.165, 1.54) is 18.6 Å². The Morgan fingerprint density at radius 1 is 1.33 bits per heavy atom. The zero-order valence-corrected chi connectivity index (χ0v) is 12.7. The first-order valence-electron chi connectivity index (χ1n) is 7.52. The largest absolute Gasteiger partial charge is 0.573 e. The summed E-state index contributed by atoms with van der Waals surface area (Å²) < 4.78 is 42.7. The van der Waals surface area contributed by atoms with Crippen LogP contribution in [0.3, 0.4) is 0 Å². The lowest BCUT2D eigenvalue weighted by Gasteiger charge is -2.27. The molecule has 1 aliphatic rings. The number of alkyl halides is 3. The van der Waals surface area contributed by atoms with Crippen molar-refractivity contribution in [2.45, 2.75) is 38.2 Å². The average Bonchev–Trinajstić information content (AvgIpc) is 2.91. The fourth-order valence-electron chi connectivity index (χ4n) is 2.58. The molecule has 1 saturated carbocycles. The van der Waals surface area contributed by atoms with E-state index in [4.69, 9.17) is 5.26 Å². The van der Waals surface area contributed by atoms with Crippen molar-refractivity contribution in [1.82, 2.24) is 9.78 Å². The van der Waals surface area contributed by atoms with Gasteiger partial charge in [0.25, 0.3) is 0 Å². The van der Waals surface area contributed by atoms with Gasteiger partial charge in [-0.15, -0.1) is 13.2 Å². The lowest BCUT2D eigenvalue weighted by molar-refractivity contribution is -0.274. The Kier molecular flexibility index (Phi) is 4.34. The normalized spacial score (nSPS) is 14.8. The third-order valence-electron chi connectivity index (χ3n) is 3.97. The van der Waals surface area contributed by atoms with E-state index in [-0.39, 0.29) is 5.56 Å². The lowest BCUT2D eigenvalue weighted by atomic mass is 9.93. The summed E-state index contributed by atoms with van der Waals surface area (Å²) in [5.41, 5.74) is 1.36. The summed E-state index contributed by atoms with van der Waals surface area (Å²) in [6.07, 6.45) is 0.323. The van der Waals surface area contributed by atoms with E-state index in [2.05, 4.69) is 15.2 Å². The topological polar surface area (TPSA) is 62.9 Å². The Hall–Kier alpha value is -2.69. The van der Waals surface area contributed by atoms with Gasteiger partial charge < -0.3 is 10.1 Å². The Bertz CT molecular complexity index is 759. The van der Waals surface area contributed by atoms with Crippen molar-refractivity contribution in [3.05, 3.63) is 41.7 Å². The standard InChI is InChI=1S/C16H15F3N4O/c17-16(18,19)24-15-5-4-12(8-11(15)9-20)21-10-14-6-7-22-23(14)13-2-1-3-13/h4-8,13,21H,1-3,10H2. The summed E-state index contributed by atoms with van der Waals surface area (Å²) in [5.74, 6) is -0.505. The molecule has 0 atom stereocenters. The van der Waals surface area contributed by atoms with E-state index < -0.39 is 12.1 Å². The van der Waals surface area contributed by atoms with Crippen LogP contribution in [0.25, 0.3) is 0 Å². The smallest absolute Gasteiger partial charge is 0.404 e. The predicted octanol–water partition coefficient (Wildman–Crippen LogP) is 3.99. The molecule has 5 nitrogen and oxygen atoms in total. The molecule has 8 heteroatoms. The molecule has 1 heterocycles. The molecule has 1 N–H and O–H groups in total. The highest BCUT2D eigenvalue weighted by Gasteiger charge is 2.32. The summed E-state index contributed by atoms with van der Waals surface area (Å²) >= 11 is 0. The number of halogens is 3. The van der Waals surface area contributed by atoms with E-state index in [9.17, 15) is 13.2 Å². The predicted molar refractivity (Wildman–Crippen MR) is 80.3 cm³/mol. The highest BCUT2D eigenvalue weighted by atomic mass is 19.4. The van der Waals surface area contributed by atoms with Gasteiger partial charge >= 0.3 is 6.36 Å². The Balaban J connectivity index is 1.70. The van der Waals surface area contributed by atoms with Gasteiger partial charge in [0.15, 0.2) is 0 Å². The molecule has 0 saturated heterocycles. The number of rotatable bonds is 5. The molecule has 0 bridgehead atoms. The first-order valence-corrected chi connectivity index (χ1v) is 7.52. The van der Waals surface area contributed by atoms with E-state index in [1.54, 1.807) is 12.3 Å². The maximum atomic E-state index is 12.3. The van der Waals surface area contributed by atoms with Gasteiger partial charge in [-0.2, -0.15) is 10.4 Å². The van der Waals surface area contributed by atoms with E-state index in [0.29, 0.717) is 18.3 Å². The molecule has 1 aliphatic carbocycles. The zero-order chi connectivity index (χ0) is 17.2. The SMILES string of the molecule is N#Cc1cc(NCc2ccnn2C2CCC2)ccc1OC(F)(F)F. The molecule has 2 aromatic rings. The van der Waals surface area contributed by atoms with Gasteiger partial charge in [-0.3, -0.25) is 4.68 Å². The van der Waals surface area contributed by atoms with E-state index >= 15 is 0 Å². The molecule has 1 aromatic heterocycles. The van der Waals surface area contributed by atoms with Crippen LogP contribution in [-0.2, 0) is 6.54 Å². The quantitative estimate of drug-likeness (QED) is 0.897. The van der Waals surface area contributed by atoms with Gasteiger partial charge in [-0.1, -0.05) is 0 Å². The first-order chi connectivity index (χ1) is 11.5. The second kappa shape index (κ2) is 6.43. The number of hydrogen-bond acceptors (Lipinski definition) is 4. The van der Waals surface area contributed by atoms with Crippen LogP contribution in [0.1, 0.15) is 36.6 Å². The van der Waals surface area contributed by atoms with Crippen LogP contribution < -0.4 is 10.1 Å². The zero-order valence-electron chi connectivity index (χ0n) is 12.7. The average molecular weight is 336 g/mol. The Morgan fingerprint density at radius 3 is 2.75 bits per heavy atom. The fourth-order valence-corrected chi connectivity index (χ4v) is 2.58. The molecule has 24 heavy (non-hydrogen) atoms. The number of nitriles is 1. The number of hydrogen-bond donors (Lipinski definition) is 1. The first kappa shape index (κ1) is 16.2. The number of aromatic nitrogens is 2. The number of ether oxygens (including phenoxy) is 1. The minimum Gasteiger partial charge on any atom is -0.404 e. The monoisotopic (exact) mass is 336 g/mol. The lowest BCUT2D eigenvalue weighted by Crippen LogP contribution is -2.21. The molecular weight excluding hydrogens is 321 g/mol. The molecule has 0 radical (unpaired) electrons. The van der Waals surface area contributed by atoms with Crippen LogP contribution in [0.4, 0.5) is 18.9 Å². The molecule has 0 amide bonds. The van der Waals surface area contributed by atoms with E-state index in [1.807, 2.05) is 10.7 Å². The van der Waals surface area contributed by atoms with E-state index in [0.717, 1.165) is 24.6 Å². The fraction of sp³-hybridized carbons (Fsp3) is 0.375. The summed E-state index contributed by atoms with van der Waals surface area (Å²) in [5, 5.41) is 16.4. The van der Waals surface area contributed by atoms with Crippen molar-refractivity contribution < 1.29 is 17.9 Å². The van der Waals surface area contributed by atoms with Crippen LogP contribution in [0, 0.1) is 11.3 Å². The van der Waals surface area contributed by atoms with Crippen molar-refractivity contribution >= 4 is 5.69 Å². The van der Waals surface area contributed by atoms with Crippen molar-refractivity contribution in [2.24, 2.45) is 0 Å².